The number of hydrogen-bond donors (Lipinski definition) is 2. The Kier molecular flexibility index (Phi) is 2.16. The van der Waals surface area contributed by atoms with Gasteiger partial charge in [-0.2, -0.15) is 0 Å². The van der Waals surface area contributed by atoms with E-state index in [0.717, 1.165) is 9.88 Å². The molecule has 1 aliphatic rings. The third kappa shape index (κ3) is 1.68. The summed E-state index contributed by atoms with van der Waals surface area (Å²) in [7, 11) is 0. The van der Waals surface area contributed by atoms with Crippen molar-refractivity contribution in [3.63, 3.8) is 0 Å². The zero-order valence-corrected chi connectivity index (χ0v) is 9.82. The van der Waals surface area contributed by atoms with E-state index >= 15 is 0 Å². The number of nitrogens with one attached hydrogen (secondary N) is 2. The molecule has 0 spiro atoms. The Morgan fingerprint density at radius 1 is 1.18 bits per heavy atom. The summed E-state index contributed by atoms with van der Waals surface area (Å²) in [6, 6.07) is 6.08. The average molecular weight is 248 g/mol. The van der Waals surface area contributed by atoms with E-state index in [2.05, 4.69) is 10.6 Å². The second kappa shape index (κ2) is 3.56. The number of rotatable bonds is 0. The van der Waals surface area contributed by atoms with Crippen LogP contribution in [0.4, 0.5) is 20.8 Å². The number of aryl methyl sites for hydroxylation is 1. The lowest BCUT2D eigenvalue weighted by Gasteiger charge is -2.07. The lowest BCUT2D eigenvalue weighted by Crippen LogP contribution is -2.09. The molecule has 2 aromatic rings. The van der Waals surface area contributed by atoms with E-state index in [-0.39, 0.29) is 11.7 Å². The molecule has 0 unspecified atom stereocenters. The van der Waals surface area contributed by atoms with Crippen molar-refractivity contribution in [3.8, 4) is 0 Å². The van der Waals surface area contributed by atoms with Gasteiger partial charge in [0.25, 0.3) is 5.91 Å². The summed E-state index contributed by atoms with van der Waals surface area (Å²) in [4.78, 5) is 13.0. The Bertz CT molecular complexity index is 621. The Hall–Kier alpha value is -1.88. The summed E-state index contributed by atoms with van der Waals surface area (Å²) in [6.45, 7) is 1.93. The Labute approximate surface area is 101 Å². The predicted molar refractivity (Wildman–Crippen MR) is 66.7 cm³/mol. The van der Waals surface area contributed by atoms with Gasteiger partial charge in [-0.15, -0.1) is 11.3 Å². The van der Waals surface area contributed by atoms with Crippen LogP contribution in [0.15, 0.2) is 24.3 Å². The zero-order valence-electron chi connectivity index (χ0n) is 9.00. The maximum absolute atomic E-state index is 13.2. The fourth-order valence-electron chi connectivity index (χ4n) is 1.82. The Morgan fingerprint density at radius 3 is 2.82 bits per heavy atom. The maximum Gasteiger partial charge on any atom is 0.258 e. The quantitative estimate of drug-likeness (QED) is 0.749. The molecule has 1 aromatic carbocycles. The van der Waals surface area contributed by atoms with Crippen molar-refractivity contribution in [1.29, 1.82) is 0 Å². The molecule has 0 bridgehead atoms. The van der Waals surface area contributed by atoms with E-state index in [9.17, 15) is 9.18 Å². The first-order valence-corrected chi connectivity index (χ1v) is 5.93. The van der Waals surface area contributed by atoms with Crippen molar-refractivity contribution in [1.82, 2.24) is 0 Å². The third-order valence-corrected chi connectivity index (χ3v) is 3.54. The molecule has 1 aliphatic heterocycles. The third-order valence-electron chi connectivity index (χ3n) is 2.58. The SMILES string of the molecule is Cc1cc2c(s1)Nc1cc(F)ccc1NC2=O. The second-order valence-corrected chi connectivity index (χ2v) is 5.13. The first kappa shape index (κ1) is 10.3. The highest BCUT2D eigenvalue weighted by molar-refractivity contribution is 7.16. The van der Waals surface area contributed by atoms with Gasteiger partial charge in [-0.3, -0.25) is 4.79 Å². The van der Waals surface area contributed by atoms with Crippen LogP contribution in [-0.4, -0.2) is 5.91 Å². The number of halogens is 1. The molecular formula is C12H9FN2OS. The number of hydrogen-bond acceptors (Lipinski definition) is 3. The molecule has 0 radical (unpaired) electrons. The van der Waals surface area contributed by atoms with Crippen molar-refractivity contribution in [2.24, 2.45) is 0 Å². The molecule has 2 heterocycles. The lowest BCUT2D eigenvalue weighted by molar-refractivity contribution is 0.102. The van der Waals surface area contributed by atoms with Gasteiger partial charge in [0.05, 0.1) is 16.9 Å². The summed E-state index contributed by atoms with van der Waals surface area (Å²) < 4.78 is 13.2. The summed E-state index contributed by atoms with van der Waals surface area (Å²) in [5.41, 5.74) is 1.78. The molecule has 86 valence electrons. The molecule has 0 fully saturated rings. The minimum atomic E-state index is -0.331. The fourth-order valence-corrected chi connectivity index (χ4v) is 2.74. The van der Waals surface area contributed by atoms with Crippen LogP contribution < -0.4 is 10.6 Å². The van der Waals surface area contributed by atoms with Gasteiger partial charge >= 0.3 is 0 Å². The van der Waals surface area contributed by atoms with Crippen LogP contribution in [0.3, 0.4) is 0 Å². The molecular weight excluding hydrogens is 239 g/mol. The van der Waals surface area contributed by atoms with Crippen LogP contribution in [0.1, 0.15) is 15.2 Å². The number of amides is 1. The monoisotopic (exact) mass is 248 g/mol. The zero-order chi connectivity index (χ0) is 12.0. The number of anilines is 3. The van der Waals surface area contributed by atoms with Gasteiger partial charge in [-0.1, -0.05) is 0 Å². The van der Waals surface area contributed by atoms with Crippen LogP contribution in [0.25, 0.3) is 0 Å². The molecule has 1 amide bonds. The minimum Gasteiger partial charge on any atom is -0.345 e. The van der Waals surface area contributed by atoms with Crippen molar-refractivity contribution < 1.29 is 9.18 Å². The molecule has 5 heteroatoms. The van der Waals surface area contributed by atoms with Gasteiger partial charge in [0.2, 0.25) is 0 Å². The van der Waals surface area contributed by atoms with Crippen molar-refractivity contribution in [2.75, 3.05) is 10.6 Å². The van der Waals surface area contributed by atoms with Crippen LogP contribution in [-0.2, 0) is 0 Å². The van der Waals surface area contributed by atoms with Gasteiger partial charge in [0.15, 0.2) is 0 Å². The van der Waals surface area contributed by atoms with Gasteiger partial charge < -0.3 is 10.6 Å². The molecule has 1 aromatic heterocycles. The molecule has 2 N–H and O–H groups in total. The second-order valence-electron chi connectivity index (χ2n) is 3.87. The number of fused-ring (bicyclic) bond motifs is 2. The largest absolute Gasteiger partial charge is 0.345 e. The Morgan fingerprint density at radius 2 is 2.00 bits per heavy atom. The molecule has 0 atom stereocenters. The standard InChI is InChI=1S/C12H9FN2OS/c1-6-4-8-11(16)14-9-3-2-7(13)5-10(9)15-12(8)17-6/h2-5,15H,1H3,(H,14,16). The number of benzene rings is 1. The molecule has 0 saturated carbocycles. The van der Waals surface area contributed by atoms with Gasteiger partial charge in [-0.25, -0.2) is 4.39 Å². The molecule has 3 nitrogen and oxygen atoms in total. The summed E-state index contributed by atoms with van der Waals surface area (Å²) in [5.74, 6) is -0.496. The van der Waals surface area contributed by atoms with E-state index in [4.69, 9.17) is 0 Å². The number of thiophene rings is 1. The van der Waals surface area contributed by atoms with Crippen molar-refractivity contribution in [2.45, 2.75) is 6.92 Å². The van der Waals surface area contributed by atoms with Crippen LogP contribution in [0.5, 0.6) is 0 Å². The van der Waals surface area contributed by atoms with Crippen LogP contribution in [0.2, 0.25) is 0 Å². The smallest absolute Gasteiger partial charge is 0.258 e. The average Bonchev–Trinajstić information content (AvgIpc) is 2.58. The van der Waals surface area contributed by atoms with E-state index in [1.807, 2.05) is 13.0 Å². The molecule has 3 rings (SSSR count). The minimum absolute atomic E-state index is 0.165. The maximum atomic E-state index is 13.2. The summed E-state index contributed by atoms with van der Waals surface area (Å²) >= 11 is 1.48. The van der Waals surface area contributed by atoms with E-state index in [0.29, 0.717) is 16.9 Å². The van der Waals surface area contributed by atoms with E-state index < -0.39 is 0 Å². The number of carbonyl (C=O) groups excluding carboxylic acids is 1. The highest BCUT2D eigenvalue weighted by Gasteiger charge is 2.21. The van der Waals surface area contributed by atoms with E-state index in [1.54, 1.807) is 6.07 Å². The van der Waals surface area contributed by atoms with Gasteiger partial charge in [0.1, 0.15) is 10.8 Å². The van der Waals surface area contributed by atoms with E-state index in [1.165, 1.54) is 23.5 Å². The lowest BCUT2D eigenvalue weighted by atomic mass is 10.2. The summed E-state index contributed by atoms with van der Waals surface area (Å²) in [5, 5.41) is 6.60. The van der Waals surface area contributed by atoms with Crippen molar-refractivity contribution >= 4 is 33.6 Å². The van der Waals surface area contributed by atoms with Gasteiger partial charge in [-0.05, 0) is 31.2 Å². The van der Waals surface area contributed by atoms with Crippen molar-refractivity contribution in [3.05, 3.63) is 40.5 Å². The predicted octanol–water partition coefficient (Wildman–Crippen LogP) is 3.50. The first-order valence-electron chi connectivity index (χ1n) is 5.12. The normalized spacial score (nSPS) is 13.2. The van der Waals surface area contributed by atoms with Gasteiger partial charge in [0, 0.05) is 4.88 Å². The molecule has 17 heavy (non-hydrogen) atoms. The highest BCUT2D eigenvalue weighted by atomic mass is 32.1. The topological polar surface area (TPSA) is 41.1 Å². The molecule has 0 saturated heterocycles. The first-order chi connectivity index (χ1) is 8.13. The van der Waals surface area contributed by atoms with Crippen LogP contribution in [0, 0.1) is 12.7 Å². The van der Waals surface area contributed by atoms with Crippen LogP contribution >= 0.6 is 11.3 Å². The number of carbonyl (C=O) groups is 1. The highest BCUT2D eigenvalue weighted by Crippen LogP contribution is 2.37. The fraction of sp³-hybridized carbons (Fsp3) is 0.0833. The molecule has 0 aliphatic carbocycles. The summed E-state index contributed by atoms with van der Waals surface area (Å²) in [6.07, 6.45) is 0. The Balaban J connectivity index is 2.16.